The zero-order chi connectivity index (χ0) is 12.3. The molecule has 0 bridgehead atoms. The number of nitrogens with zero attached hydrogens (tertiary/aromatic N) is 3. The normalized spacial score (nSPS) is 10.0. The molecular formula is C11H9ClN4O. The zero-order valence-electron chi connectivity index (χ0n) is 9.01. The molecule has 2 aromatic heterocycles. The van der Waals surface area contributed by atoms with Crippen LogP contribution in [0.2, 0.25) is 5.28 Å². The molecule has 2 rings (SSSR count). The first kappa shape index (κ1) is 11.5. The largest absolute Gasteiger partial charge is 0.319 e. The van der Waals surface area contributed by atoms with Crippen molar-refractivity contribution in [2.24, 2.45) is 0 Å². The molecule has 0 fully saturated rings. The van der Waals surface area contributed by atoms with E-state index in [2.05, 4.69) is 20.3 Å². The summed E-state index contributed by atoms with van der Waals surface area (Å²) in [4.78, 5) is 23.5. The minimum Gasteiger partial charge on any atom is -0.319 e. The maximum atomic E-state index is 11.8. The van der Waals surface area contributed by atoms with Gasteiger partial charge in [-0.3, -0.25) is 9.78 Å². The third kappa shape index (κ3) is 2.98. The Labute approximate surface area is 103 Å². The van der Waals surface area contributed by atoms with Crippen molar-refractivity contribution in [3.05, 3.63) is 47.3 Å². The summed E-state index contributed by atoms with van der Waals surface area (Å²) in [6.07, 6.45) is 3.18. The van der Waals surface area contributed by atoms with Gasteiger partial charge in [-0.05, 0) is 36.7 Å². The van der Waals surface area contributed by atoms with Crippen LogP contribution >= 0.6 is 11.6 Å². The van der Waals surface area contributed by atoms with E-state index >= 15 is 0 Å². The average Bonchev–Trinajstić information content (AvgIpc) is 2.29. The number of hydrogen-bond acceptors (Lipinski definition) is 4. The van der Waals surface area contributed by atoms with Crippen molar-refractivity contribution >= 4 is 23.2 Å². The van der Waals surface area contributed by atoms with E-state index in [0.29, 0.717) is 11.4 Å². The molecule has 2 aromatic rings. The molecule has 0 spiro atoms. The summed E-state index contributed by atoms with van der Waals surface area (Å²) in [5.41, 5.74) is 1.47. The number of aromatic nitrogens is 3. The van der Waals surface area contributed by atoms with Gasteiger partial charge in [-0.25, -0.2) is 9.97 Å². The molecule has 0 unspecified atom stereocenters. The first-order chi connectivity index (χ1) is 8.15. The number of carbonyl (C=O) groups is 1. The fourth-order valence-electron chi connectivity index (χ4n) is 1.28. The van der Waals surface area contributed by atoms with Crippen LogP contribution in [0.1, 0.15) is 16.2 Å². The summed E-state index contributed by atoms with van der Waals surface area (Å²) in [5.74, 6) is -0.342. The maximum Gasteiger partial charge on any atom is 0.274 e. The molecule has 2 heterocycles. The molecule has 6 heteroatoms. The lowest BCUT2D eigenvalue weighted by Crippen LogP contribution is -2.14. The van der Waals surface area contributed by atoms with Crippen molar-refractivity contribution in [1.82, 2.24) is 15.0 Å². The van der Waals surface area contributed by atoms with Crippen molar-refractivity contribution < 1.29 is 4.79 Å². The highest BCUT2D eigenvalue weighted by atomic mass is 35.5. The molecule has 0 radical (unpaired) electrons. The fourth-order valence-corrected chi connectivity index (χ4v) is 1.50. The molecular weight excluding hydrogens is 240 g/mol. The van der Waals surface area contributed by atoms with E-state index in [9.17, 15) is 4.79 Å². The number of anilines is 1. The van der Waals surface area contributed by atoms with E-state index in [-0.39, 0.29) is 16.9 Å². The summed E-state index contributed by atoms with van der Waals surface area (Å²) >= 11 is 5.68. The molecule has 1 amide bonds. The predicted molar refractivity (Wildman–Crippen MR) is 64.0 cm³/mol. The second-order valence-corrected chi connectivity index (χ2v) is 3.70. The Kier molecular flexibility index (Phi) is 3.30. The van der Waals surface area contributed by atoms with E-state index in [1.165, 1.54) is 0 Å². The lowest BCUT2D eigenvalue weighted by molar-refractivity contribution is 0.102. The van der Waals surface area contributed by atoms with E-state index in [1.807, 2.05) is 0 Å². The lowest BCUT2D eigenvalue weighted by atomic mass is 10.3. The van der Waals surface area contributed by atoms with E-state index in [0.717, 1.165) is 0 Å². The van der Waals surface area contributed by atoms with Crippen LogP contribution in [0.3, 0.4) is 0 Å². The van der Waals surface area contributed by atoms with Crippen molar-refractivity contribution in [3.63, 3.8) is 0 Å². The molecule has 0 atom stereocenters. The van der Waals surface area contributed by atoms with E-state index in [4.69, 9.17) is 11.6 Å². The summed E-state index contributed by atoms with van der Waals surface area (Å²) < 4.78 is 0. The van der Waals surface area contributed by atoms with Gasteiger partial charge in [0.1, 0.15) is 5.69 Å². The number of nitrogens with one attached hydrogen (secondary N) is 1. The van der Waals surface area contributed by atoms with Crippen LogP contribution in [0.4, 0.5) is 5.69 Å². The zero-order valence-corrected chi connectivity index (χ0v) is 9.77. The Morgan fingerprint density at radius 3 is 2.88 bits per heavy atom. The smallest absolute Gasteiger partial charge is 0.274 e. The minimum atomic E-state index is -0.342. The van der Waals surface area contributed by atoms with Gasteiger partial charge in [-0.15, -0.1) is 0 Å². The Morgan fingerprint density at radius 1 is 1.41 bits per heavy atom. The Hall–Kier alpha value is -2.01. The molecule has 0 saturated carbocycles. The molecule has 1 N–H and O–H groups in total. The SMILES string of the molecule is Cc1cc(C(=O)Nc2cccnc2)nc(Cl)n1. The van der Waals surface area contributed by atoms with Gasteiger partial charge < -0.3 is 5.32 Å². The number of pyridine rings is 1. The molecule has 86 valence electrons. The minimum absolute atomic E-state index is 0.0568. The first-order valence-electron chi connectivity index (χ1n) is 4.88. The molecule has 0 aromatic carbocycles. The van der Waals surface area contributed by atoms with Gasteiger partial charge in [0, 0.05) is 11.9 Å². The quantitative estimate of drug-likeness (QED) is 0.827. The van der Waals surface area contributed by atoms with Crippen LogP contribution in [0.5, 0.6) is 0 Å². The van der Waals surface area contributed by atoms with Crippen LogP contribution in [0.15, 0.2) is 30.6 Å². The number of hydrogen-bond donors (Lipinski definition) is 1. The number of carbonyl (C=O) groups excluding carboxylic acids is 1. The standard InChI is InChI=1S/C11H9ClN4O/c1-7-5-9(16-11(12)14-7)10(17)15-8-3-2-4-13-6-8/h2-6H,1H3,(H,15,17). The molecule has 0 aliphatic carbocycles. The van der Waals surface area contributed by atoms with Crippen LogP contribution in [0, 0.1) is 6.92 Å². The topological polar surface area (TPSA) is 67.8 Å². The second-order valence-electron chi connectivity index (χ2n) is 3.36. The van der Waals surface area contributed by atoms with Gasteiger partial charge in [0.05, 0.1) is 11.9 Å². The summed E-state index contributed by atoms with van der Waals surface area (Å²) in [6, 6.07) is 5.03. The Balaban J connectivity index is 2.20. The van der Waals surface area contributed by atoms with Crippen LogP contribution in [0.25, 0.3) is 0 Å². The number of amides is 1. The fraction of sp³-hybridized carbons (Fsp3) is 0.0909. The second kappa shape index (κ2) is 4.88. The third-order valence-electron chi connectivity index (χ3n) is 1.98. The highest BCUT2D eigenvalue weighted by molar-refractivity contribution is 6.28. The third-order valence-corrected chi connectivity index (χ3v) is 2.15. The highest BCUT2D eigenvalue weighted by Crippen LogP contribution is 2.09. The Bertz CT molecular complexity index is 524. The van der Waals surface area contributed by atoms with Crippen molar-refractivity contribution in [1.29, 1.82) is 0 Å². The van der Waals surface area contributed by atoms with Crippen LogP contribution in [-0.2, 0) is 0 Å². The van der Waals surface area contributed by atoms with Gasteiger partial charge in [-0.1, -0.05) is 0 Å². The van der Waals surface area contributed by atoms with Crippen molar-refractivity contribution in [2.75, 3.05) is 5.32 Å². The lowest BCUT2D eigenvalue weighted by Gasteiger charge is -2.04. The predicted octanol–water partition coefficient (Wildman–Crippen LogP) is 2.09. The molecule has 0 aliphatic heterocycles. The number of rotatable bonds is 2. The van der Waals surface area contributed by atoms with Crippen LogP contribution in [-0.4, -0.2) is 20.9 Å². The monoisotopic (exact) mass is 248 g/mol. The maximum absolute atomic E-state index is 11.8. The molecule has 0 saturated heterocycles. The van der Waals surface area contributed by atoms with Gasteiger partial charge >= 0.3 is 0 Å². The summed E-state index contributed by atoms with van der Waals surface area (Å²) in [5, 5.41) is 2.72. The molecule has 5 nitrogen and oxygen atoms in total. The summed E-state index contributed by atoms with van der Waals surface area (Å²) in [6.45, 7) is 1.74. The van der Waals surface area contributed by atoms with Gasteiger partial charge in [0.2, 0.25) is 5.28 Å². The summed E-state index contributed by atoms with van der Waals surface area (Å²) in [7, 11) is 0. The highest BCUT2D eigenvalue weighted by Gasteiger charge is 2.09. The van der Waals surface area contributed by atoms with E-state index in [1.54, 1.807) is 37.5 Å². The van der Waals surface area contributed by atoms with Gasteiger partial charge in [-0.2, -0.15) is 0 Å². The average molecular weight is 249 g/mol. The van der Waals surface area contributed by atoms with Crippen molar-refractivity contribution in [3.8, 4) is 0 Å². The number of aryl methyl sites for hydroxylation is 1. The van der Waals surface area contributed by atoms with Crippen molar-refractivity contribution in [2.45, 2.75) is 6.92 Å². The van der Waals surface area contributed by atoms with E-state index < -0.39 is 0 Å². The number of halogens is 1. The first-order valence-corrected chi connectivity index (χ1v) is 5.25. The molecule has 0 aliphatic rings. The van der Waals surface area contributed by atoms with Gasteiger partial charge in [0.15, 0.2) is 0 Å². The Morgan fingerprint density at radius 2 is 2.24 bits per heavy atom. The molecule has 17 heavy (non-hydrogen) atoms. The van der Waals surface area contributed by atoms with Gasteiger partial charge in [0.25, 0.3) is 5.91 Å². The van der Waals surface area contributed by atoms with Crippen LogP contribution < -0.4 is 5.32 Å².